The summed E-state index contributed by atoms with van der Waals surface area (Å²) in [6.45, 7) is 6.66. The van der Waals surface area contributed by atoms with E-state index in [1.807, 2.05) is 42.5 Å². The van der Waals surface area contributed by atoms with E-state index in [1.54, 1.807) is 0 Å². The molecular formula is C31H29NO2. The van der Waals surface area contributed by atoms with Gasteiger partial charge in [-0.1, -0.05) is 91.0 Å². The van der Waals surface area contributed by atoms with Gasteiger partial charge in [0.15, 0.2) is 0 Å². The fourth-order valence-corrected chi connectivity index (χ4v) is 5.03. The van der Waals surface area contributed by atoms with Crippen molar-refractivity contribution in [3.63, 3.8) is 0 Å². The molecule has 34 heavy (non-hydrogen) atoms. The molecule has 0 radical (unpaired) electrons. The molecule has 4 aromatic carbocycles. The lowest BCUT2D eigenvalue weighted by atomic mass is 9.91. The Morgan fingerprint density at radius 2 is 1.35 bits per heavy atom. The first-order valence-corrected chi connectivity index (χ1v) is 11.8. The quantitative estimate of drug-likeness (QED) is 0.350. The van der Waals surface area contributed by atoms with E-state index < -0.39 is 6.09 Å². The second kappa shape index (κ2) is 9.18. The highest BCUT2D eigenvalue weighted by Crippen LogP contribution is 2.44. The molecule has 4 aromatic rings. The lowest BCUT2D eigenvalue weighted by Crippen LogP contribution is -2.31. The normalized spacial score (nSPS) is 13.1. The fraction of sp³-hybridized carbons (Fsp3) is 0.194. The van der Waals surface area contributed by atoms with Gasteiger partial charge in [0.05, 0.1) is 6.04 Å². The number of aryl methyl sites for hydroxylation is 1. The van der Waals surface area contributed by atoms with E-state index >= 15 is 0 Å². The molecule has 1 amide bonds. The first kappa shape index (κ1) is 22.0. The highest BCUT2D eigenvalue weighted by molar-refractivity contribution is 5.79. The third-order valence-corrected chi connectivity index (χ3v) is 7.15. The molecule has 0 fully saturated rings. The van der Waals surface area contributed by atoms with Crippen molar-refractivity contribution in [2.24, 2.45) is 0 Å². The van der Waals surface area contributed by atoms with Gasteiger partial charge >= 0.3 is 6.09 Å². The number of alkyl carbamates (subject to hydrolysis) is 1. The van der Waals surface area contributed by atoms with Crippen molar-refractivity contribution in [1.82, 2.24) is 5.32 Å². The predicted octanol–water partition coefficient (Wildman–Crippen LogP) is 7.24. The standard InChI is InChI=1S/C31H29NO2/c1-20-17-18-24(22(3)21(20)2)30(23-11-5-4-6-12-23)32-31(33)34-19-29-27-15-9-7-13-25(27)26-14-8-10-16-28(26)29/h4-18,29-30H,19H2,1-3H3,(H,32,33). The number of carbonyl (C=O) groups is 1. The van der Waals surface area contributed by atoms with Crippen molar-refractivity contribution in [1.29, 1.82) is 0 Å². The highest BCUT2D eigenvalue weighted by Gasteiger charge is 2.29. The van der Waals surface area contributed by atoms with E-state index in [-0.39, 0.29) is 12.0 Å². The molecule has 170 valence electrons. The van der Waals surface area contributed by atoms with Gasteiger partial charge in [-0.25, -0.2) is 4.79 Å². The Kier molecular flexibility index (Phi) is 5.93. The number of rotatable bonds is 5. The molecule has 0 saturated heterocycles. The second-order valence-electron chi connectivity index (χ2n) is 9.04. The molecule has 0 spiro atoms. The number of benzene rings is 4. The van der Waals surface area contributed by atoms with Crippen LogP contribution in [0, 0.1) is 20.8 Å². The number of nitrogens with one attached hydrogen (secondary N) is 1. The highest BCUT2D eigenvalue weighted by atomic mass is 16.5. The third kappa shape index (κ3) is 3.99. The Balaban J connectivity index is 1.39. The van der Waals surface area contributed by atoms with Crippen LogP contribution in [-0.2, 0) is 4.74 Å². The maximum absolute atomic E-state index is 13.1. The van der Waals surface area contributed by atoms with Crippen molar-refractivity contribution in [3.05, 3.63) is 130 Å². The summed E-state index contributed by atoms with van der Waals surface area (Å²) in [5, 5.41) is 3.15. The Bertz CT molecular complexity index is 1300. The van der Waals surface area contributed by atoms with Crippen LogP contribution in [-0.4, -0.2) is 12.7 Å². The molecule has 1 N–H and O–H groups in total. The fourth-order valence-electron chi connectivity index (χ4n) is 5.03. The first-order chi connectivity index (χ1) is 16.5. The topological polar surface area (TPSA) is 38.3 Å². The van der Waals surface area contributed by atoms with E-state index in [4.69, 9.17) is 4.74 Å². The summed E-state index contributed by atoms with van der Waals surface area (Å²) in [6, 6.07) is 30.8. The summed E-state index contributed by atoms with van der Waals surface area (Å²) in [5.41, 5.74) is 10.7. The number of carbonyl (C=O) groups excluding carboxylic acids is 1. The van der Waals surface area contributed by atoms with Gasteiger partial charge in [-0.2, -0.15) is 0 Å². The van der Waals surface area contributed by atoms with Gasteiger partial charge in [-0.05, 0) is 70.8 Å². The van der Waals surface area contributed by atoms with E-state index in [1.165, 1.54) is 38.9 Å². The first-order valence-electron chi connectivity index (χ1n) is 11.8. The van der Waals surface area contributed by atoms with Crippen molar-refractivity contribution in [2.45, 2.75) is 32.7 Å². The molecule has 5 rings (SSSR count). The molecule has 0 saturated carbocycles. The second-order valence-corrected chi connectivity index (χ2v) is 9.04. The molecular weight excluding hydrogens is 418 g/mol. The summed E-state index contributed by atoms with van der Waals surface area (Å²) < 4.78 is 5.86. The zero-order chi connectivity index (χ0) is 23.7. The van der Waals surface area contributed by atoms with Gasteiger partial charge in [0.2, 0.25) is 0 Å². The summed E-state index contributed by atoms with van der Waals surface area (Å²) in [4.78, 5) is 13.1. The molecule has 0 aromatic heterocycles. The van der Waals surface area contributed by atoms with Gasteiger partial charge in [0.25, 0.3) is 0 Å². The van der Waals surface area contributed by atoms with Crippen LogP contribution in [0.5, 0.6) is 0 Å². The number of hydrogen-bond donors (Lipinski definition) is 1. The molecule has 3 heteroatoms. The molecule has 0 heterocycles. The van der Waals surface area contributed by atoms with Gasteiger partial charge in [-0.3, -0.25) is 0 Å². The maximum Gasteiger partial charge on any atom is 0.407 e. The zero-order valence-electron chi connectivity index (χ0n) is 19.8. The predicted molar refractivity (Wildman–Crippen MR) is 137 cm³/mol. The summed E-state index contributed by atoms with van der Waals surface area (Å²) in [5.74, 6) is 0.0386. The summed E-state index contributed by atoms with van der Waals surface area (Å²) in [7, 11) is 0. The van der Waals surface area contributed by atoms with Crippen molar-refractivity contribution >= 4 is 6.09 Å². The minimum absolute atomic E-state index is 0.0386. The number of fused-ring (bicyclic) bond motifs is 3. The molecule has 1 unspecified atom stereocenters. The number of hydrogen-bond acceptors (Lipinski definition) is 2. The summed E-state index contributed by atoms with van der Waals surface area (Å²) >= 11 is 0. The van der Waals surface area contributed by atoms with Crippen molar-refractivity contribution < 1.29 is 9.53 Å². The molecule has 1 aliphatic rings. The van der Waals surface area contributed by atoms with E-state index in [2.05, 4.69) is 74.6 Å². The Morgan fingerprint density at radius 1 is 0.765 bits per heavy atom. The molecule has 0 bridgehead atoms. The average molecular weight is 448 g/mol. The average Bonchev–Trinajstić information content (AvgIpc) is 3.19. The lowest BCUT2D eigenvalue weighted by molar-refractivity contribution is 0.140. The SMILES string of the molecule is Cc1ccc(C(NC(=O)OCC2c3ccccc3-c3ccccc32)c2ccccc2)c(C)c1C. The number of amides is 1. The largest absolute Gasteiger partial charge is 0.449 e. The minimum Gasteiger partial charge on any atom is -0.449 e. The molecule has 1 aliphatic carbocycles. The van der Waals surface area contributed by atoms with Crippen LogP contribution in [0.3, 0.4) is 0 Å². The summed E-state index contributed by atoms with van der Waals surface area (Å²) in [6.07, 6.45) is -0.409. The van der Waals surface area contributed by atoms with Gasteiger partial charge in [-0.15, -0.1) is 0 Å². The Morgan fingerprint density at radius 3 is 2.00 bits per heavy atom. The zero-order valence-corrected chi connectivity index (χ0v) is 19.8. The van der Waals surface area contributed by atoms with Crippen LogP contribution in [0.25, 0.3) is 11.1 Å². The van der Waals surface area contributed by atoms with Gasteiger partial charge in [0, 0.05) is 5.92 Å². The van der Waals surface area contributed by atoms with Crippen LogP contribution < -0.4 is 5.32 Å². The molecule has 0 aliphatic heterocycles. The molecule has 1 atom stereocenters. The Hall–Kier alpha value is -3.85. The van der Waals surface area contributed by atoms with E-state index in [0.717, 1.165) is 11.1 Å². The van der Waals surface area contributed by atoms with Crippen molar-refractivity contribution in [2.75, 3.05) is 6.61 Å². The van der Waals surface area contributed by atoms with Crippen LogP contribution in [0.2, 0.25) is 0 Å². The van der Waals surface area contributed by atoms with Gasteiger partial charge < -0.3 is 10.1 Å². The lowest BCUT2D eigenvalue weighted by Gasteiger charge is -2.23. The smallest absolute Gasteiger partial charge is 0.407 e. The maximum atomic E-state index is 13.1. The molecule has 3 nitrogen and oxygen atoms in total. The Labute approximate surface area is 201 Å². The van der Waals surface area contributed by atoms with Crippen LogP contribution in [0.4, 0.5) is 4.79 Å². The monoisotopic (exact) mass is 447 g/mol. The van der Waals surface area contributed by atoms with Crippen LogP contribution in [0.1, 0.15) is 50.9 Å². The number of ether oxygens (including phenoxy) is 1. The van der Waals surface area contributed by atoms with Crippen LogP contribution >= 0.6 is 0 Å². The third-order valence-electron chi connectivity index (χ3n) is 7.15. The minimum atomic E-state index is -0.409. The van der Waals surface area contributed by atoms with E-state index in [9.17, 15) is 4.79 Å². The van der Waals surface area contributed by atoms with Gasteiger partial charge in [0.1, 0.15) is 6.61 Å². The van der Waals surface area contributed by atoms with Crippen molar-refractivity contribution in [3.8, 4) is 11.1 Å². The van der Waals surface area contributed by atoms with E-state index in [0.29, 0.717) is 6.61 Å². The van der Waals surface area contributed by atoms with Crippen LogP contribution in [0.15, 0.2) is 91.0 Å².